The summed E-state index contributed by atoms with van der Waals surface area (Å²) in [7, 11) is 0. The molecule has 7 heteroatoms. The molecule has 3 heterocycles. The van der Waals surface area contributed by atoms with Crippen molar-refractivity contribution in [3.8, 4) is 0 Å². The van der Waals surface area contributed by atoms with Gasteiger partial charge in [-0.15, -0.1) is 0 Å². The van der Waals surface area contributed by atoms with Gasteiger partial charge >= 0.3 is 6.03 Å². The maximum atomic E-state index is 12.3. The molecule has 0 aromatic carbocycles. The van der Waals surface area contributed by atoms with Crippen molar-refractivity contribution >= 4 is 11.9 Å². The Labute approximate surface area is 152 Å². The lowest BCUT2D eigenvalue weighted by molar-refractivity contribution is 0.0707. The number of nitrogens with zero attached hydrogens (tertiary/aromatic N) is 1. The molecule has 26 heavy (non-hydrogen) atoms. The van der Waals surface area contributed by atoms with Gasteiger partial charge in [0.05, 0.1) is 17.9 Å². The number of aryl methyl sites for hydroxylation is 2. The van der Waals surface area contributed by atoms with E-state index in [-0.39, 0.29) is 24.0 Å². The second-order valence-electron chi connectivity index (χ2n) is 6.79. The molecule has 1 unspecified atom stereocenters. The van der Waals surface area contributed by atoms with Crippen LogP contribution < -0.4 is 10.6 Å². The first-order chi connectivity index (χ1) is 12.4. The molecule has 0 aliphatic carbocycles. The fourth-order valence-corrected chi connectivity index (χ4v) is 3.38. The van der Waals surface area contributed by atoms with E-state index in [2.05, 4.69) is 10.6 Å². The molecule has 0 radical (unpaired) electrons. The Morgan fingerprint density at radius 3 is 2.58 bits per heavy atom. The topological polar surface area (TPSA) is 87.7 Å². The summed E-state index contributed by atoms with van der Waals surface area (Å²) in [4.78, 5) is 26.3. The van der Waals surface area contributed by atoms with Gasteiger partial charge in [0.15, 0.2) is 0 Å². The summed E-state index contributed by atoms with van der Waals surface area (Å²) in [5.41, 5.74) is 1.55. The molecule has 0 saturated carbocycles. The Morgan fingerprint density at radius 2 is 2.00 bits per heavy atom. The molecule has 1 aliphatic rings. The molecule has 140 valence electrons. The van der Waals surface area contributed by atoms with E-state index >= 15 is 0 Å². The number of amides is 3. The van der Waals surface area contributed by atoms with Gasteiger partial charge < -0.3 is 24.4 Å². The minimum atomic E-state index is -0.199. The molecule has 1 fully saturated rings. The van der Waals surface area contributed by atoms with Crippen LogP contribution in [0.1, 0.15) is 53.2 Å². The van der Waals surface area contributed by atoms with Crippen LogP contribution in [0, 0.1) is 13.8 Å². The lowest BCUT2D eigenvalue weighted by Crippen LogP contribution is -2.49. The van der Waals surface area contributed by atoms with Crippen molar-refractivity contribution in [3.05, 3.63) is 47.3 Å². The van der Waals surface area contributed by atoms with E-state index in [1.54, 1.807) is 11.0 Å². The molecule has 2 aromatic rings. The molecule has 1 aliphatic heterocycles. The third kappa shape index (κ3) is 4.09. The summed E-state index contributed by atoms with van der Waals surface area (Å²) < 4.78 is 10.5. The van der Waals surface area contributed by atoms with Crippen LogP contribution in [-0.2, 0) is 0 Å². The predicted molar refractivity (Wildman–Crippen MR) is 95.9 cm³/mol. The second-order valence-corrected chi connectivity index (χ2v) is 6.79. The van der Waals surface area contributed by atoms with Crippen LogP contribution in [0.5, 0.6) is 0 Å². The number of carbonyl (C=O) groups excluding carboxylic acids is 2. The maximum Gasteiger partial charge on any atom is 0.315 e. The lowest BCUT2D eigenvalue weighted by Gasteiger charge is -2.32. The monoisotopic (exact) mass is 359 g/mol. The average molecular weight is 359 g/mol. The highest BCUT2D eigenvalue weighted by Gasteiger charge is 2.25. The van der Waals surface area contributed by atoms with Crippen LogP contribution in [0.4, 0.5) is 4.79 Å². The van der Waals surface area contributed by atoms with E-state index in [1.807, 2.05) is 26.8 Å². The number of piperidine rings is 1. The lowest BCUT2D eigenvalue weighted by atomic mass is 10.0. The standard InChI is InChI=1S/C19H25N3O4/c1-12-10-17(14(3)26-12)13(2)20-19(24)21-16-4-7-22(8-5-16)18(23)15-6-9-25-11-15/h6,9-11,13,16H,4-5,7-8H2,1-3H3,(H2,20,21,24). The first-order valence-electron chi connectivity index (χ1n) is 8.89. The van der Waals surface area contributed by atoms with Crippen molar-refractivity contribution in [1.29, 1.82) is 0 Å². The van der Waals surface area contributed by atoms with Crippen LogP contribution in [0.15, 0.2) is 33.5 Å². The normalized spacial score (nSPS) is 16.3. The van der Waals surface area contributed by atoms with Gasteiger partial charge in [-0.3, -0.25) is 4.79 Å². The summed E-state index contributed by atoms with van der Waals surface area (Å²) in [6.07, 6.45) is 4.42. The second kappa shape index (κ2) is 7.68. The first kappa shape index (κ1) is 18.1. The molecule has 2 aromatic heterocycles. The summed E-state index contributed by atoms with van der Waals surface area (Å²) in [6.45, 7) is 6.95. The third-order valence-corrected chi connectivity index (χ3v) is 4.78. The van der Waals surface area contributed by atoms with E-state index in [1.165, 1.54) is 12.5 Å². The fraction of sp³-hybridized carbons (Fsp3) is 0.474. The molecule has 2 N–H and O–H groups in total. The average Bonchev–Trinajstić information content (AvgIpc) is 3.24. The number of furan rings is 2. The Hall–Kier alpha value is -2.70. The number of likely N-dealkylation sites (tertiary alicyclic amines) is 1. The number of carbonyl (C=O) groups is 2. The molecule has 1 saturated heterocycles. The van der Waals surface area contributed by atoms with E-state index in [4.69, 9.17) is 8.83 Å². The highest BCUT2D eigenvalue weighted by Crippen LogP contribution is 2.21. The SMILES string of the molecule is Cc1cc(C(C)NC(=O)NC2CCN(C(=O)c3ccoc3)CC2)c(C)o1. The van der Waals surface area contributed by atoms with Gasteiger partial charge in [0.25, 0.3) is 5.91 Å². The van der Waals surface area contributed by atoms with Gasteiger partial charge in [0.1, 0.15) is 17.8 Å². The molecule has 1 atom stereocenters. The Bertz CT molecular complexity index is 758. The number of hydrogen-bond donors (Lipinski definition) is 2. The molecular weight excluding hydrogens is 334 g/mol. The minimum absolute atomic E-state index is 0.0268. The van der Waals surface area contributed by atoms with Crippen LogP contribution in [0.3, 0.4) is 0 Å². The minimum Gasteiger partial charge on any atom is -0.472 e. The van der Waals surface area contributed by atoms with Crippen molar-refractivity contribution in [3.63, 3.8) is 0 Å². The molecule has 3 amide bonds. The quantitative estimate of drug-likeness (QED) is 0.878. The van der Waals surface area contributed by atoms with E-state index in [0.29, 0.717) is 18.7 Å². The van der Waals surface area contributed by atoms with Gasteiger partial charge in [-0.2, -0.15) is 0 Å². The molecule has 3 rings (SSSR count). The van der Waals surface area contributed by atoms with Crippen molar-refractivity contribution < 1.29 is 18.4 Å². The molecule has 7 nitrogen and oxygen atoms in total. The number of rotatable bonds is 4. The largest absolute Gasteiger partial charge is 0.472 e. The summed E-state index contributed by atoms with van der Waals surface area (Å²) in [5, 5.41) is 5.95. The van der Waals surface area contributed by atoms with Crippen LogP contribution in [0.2, 0.25) is 0 Å². The van der Waals surface area contributed by atoms with Gasteiger partial charge in [0.2, 0.25) is 0 Å². The third-order valence-electron chi connectivity index (χ3n) is 4.78. The Balaban J connectivity index is 1.46. The highest BCUT2D eigenvalue weighted by atomic mass is 16.3. The zero-order chi connectivity index (χ0) is 18.7. The fourth-order valence-electron chi connectivity index (χ4n) is 3.38. The van der Waals surface area contributed by atoms with Crippen molar-refractivity contribution in [2.75, 3.05) is 13.1 Å². The Morgan fingerprint density at radius 1 is 1.27 bits per heavy atom. The van der Waals surface area contributed by atoms with Crippen molar-refractivity contribution in [2.24, 2.45) is 0 Å². The zero-order valence-corrected chi connectivity index (χ0v) is 15.4. The highest BCUT2D eigenvalue weighted by molar-refractivity contribution is 5.93. The molecule has 0 bridgehead atoms. The molecule has 0 spiro atoms. The summed E-state index contributed by atoms with van der Waals surface area (Å²) in [6, 6.07) is 3.34. The smallest absolute Gasteiger partial charge is 0.315 e. The zero-order valence-electron chi connectivity index (χ0n) is 15.4. The molecular formula is C19H25N3O4. The predicted octanol–water partition coefficient (Wildman–Crippen LogP) is 3.15. The van der Waals surface area contributed by atoms with E-state index in [0.717, 1.165) is 29.9 Å². The van der Waals surface area contributed by atoms with E-state index in [9.17, 15) is 9.59 Å². The number of nitrogens with one attached hydrogen (secondary N) is 2. The maximum absolute atomic E-state index is 12.3. The van der Waals surface area contributed by atoms with Crippen LogP contribution in [0.25, 0.3) is 0 Å². The van der Waals surface area contributed by atoms with Crippen LogP contribution in [-0.4, -0.2) is 36.0 Å². The first-order valence-corrected chi connectivity index (χ1v) is 8.89. The summed E-state index contributed by atoms with van der Waals surface area (Å²) in [5.74, 6) is 1.63. The van der Waals surface area contributed by atoms with Crippen LogP contribution >= 0.6 is 0 Å². The van der Waals surface area contributed by atoms with Gasteiger partial charge in [-0.05, 0) is 45.7 Å². The number of hydrogen-bond acceptors (Lipinski definition) is 4. The summed E-state index contributed by atoms with van der Waals surface area (Å²) >= 11 is 0. The van der Waals surface area contributed by atoms with Gasteiger partial charge in [0, 0.05) is 24.7 Å². The van der Waals surface area contributed by atoms with Crippen molar-refractivity contribution in [2.45, 2.75) is 45.7 Å². The van der Waals surface area contributed by atoms with E-state index < -0.39 is 0 Å². The van der Waals surface area contributed by atoms with Gasteiger partial charge in [-0.25, -0.2) is 4.79 Å². The Kier molecular flexibility index (Phi) is 5.35. The van der Waals surface area contributed by atoms with Gasteiger partial charge in [-0.1, -0.05) is 0 Å². The number of urea groups is 1. The van der Waals surface area contributed by atoms with Crippen molar-refractivity contribution in [1.82, 2.24) is 15.5 Å².